The van der Waals surface area contributed by atoms with E-state index in [-0.39, 0.29) is 11.3 Å². The highest BCUT2D eigenvalue weighted by Crippen LogP contribution is 2.42. The molecular formula is C28H22F3N3O2. The number of amides is 1. The maximum atomic E-state index is 13.1. The Morgan fingerprint density at radius 1 is 0.889 bits per heavy atom. The van der Waals surface area contributed by atoms with Crippen LogP contribution in [0.1, 0.15) is 15.9 Å². The molecule has 1 amide bonds. The molecule has 0 radical (unpaired) electrons. The van der Waals surface area contributed by atoms with Crippen molar-refractivity contribution < 1.29 is 22.7 Å². The van der Waals surface area contributed by atoms with E-state index in [1.54, 1.807) is 24.4 Å². The number of carbonyl (C=O) groups excluding carboxylic acids is 1. The summed E-state index contributed by atoms with van der Waals surface area (Å²) in [6.45, 7) is 3.25. The summed E-state index contributed by atoms with van der Waals surface area (Å²) < 4.78 is 44.3. The Labute approximate surface area is 205 Å². The molecule has 3 heterocycles. The number of benzene rings is 3. The van der Waals surface area contributed by atoms with E-state index in [0.717, 1.165) is 54.9 Å². The lowest BCUT2D eigenvalue weighted by molar-refractivity contribution is -0.137. The standard InChI is InChI=1S/C28H22F3N3O2/c29-28(30,31)21-8-10-22(11-9-21)36-24-5-3-4-19-14-20(7-12-23(19)24)26(35)34-17-27(18-34)15-33(16-27)25-6-1-2-13-32-25/h1-14H,15-18H2. The fourth-order valence-corrected chi connectivity index (χ4v) is 5.07. The Morgan fingerprint density at radius 2 is 1.67 bits per heavy atom. The zero-order valence-corrected chi connectivity index (χ0v) is 19.2. The van der Waals surface area contributed by atoms with Crippen LogP contribution < -0.4 is 9.64 Å². The molecule has 6 rings (SSSR count). The molecule has 0 saturated carbocycles. The largest absolute Gasteiger partial charge is 0.457 e. The first kappa shape index (κ1) is 22.4. The minimum atomic E-state index is -4.39. The Hall–Kier alpha value is -4.07. The summed E-state index contributed by atoms with van der Waals surface area (Å²) in [4.78, 5) is 21.6. The van der Waals surface area contributed by atoms with Gasteiger partial charge in [-0.25, -0.2) is 4.98 Å². The molecule has 3 aromatic carbocycles. The normalized spacial score (nSPS) is 16.5. The van der Waals surface area contributed by atoms with Crippen LogP contribution in [-0.2, 0) is 6.18 Å². The molecule has 0 N–H and O–H groups in total. The quantitative estimate of drug-likeness (QED) is 0.352. The van der Waals surface area contributed by atoms with Crippen molar-refractivity contribution in [2.75, 3.05) is 31.1 Å². The summed E-state index contributed by atoms with van der Waals surface area (Å²) in [6, 6.07) is 21.3. The number of ether oxygens (including phenoxy) is 1. The van der Waals surface area contributed by atoms with Gasteiger partial charge in [0.25, 0.3) is 5.91 Å². The van der Waals surface area contributed by atoms with Gasteiger partial charge in [-0.15, -0.1) is 0 Å². The number of nitrogens with zero attached hydrogens (tertiary/aromatic N) is 3. The van der Waals surface area contributed by atoms with Crippen molar-refractivity contribution in [3.8, 4) is 11.5 Å². The SMILES string of the molecule is O=C(c1ccc2c(Oc3ccc(C(F)(F)F)cc3)cccc2c1)N1CC2(C1)CN(c1ccccn1)C2. The van der Waals surface area contributed by atoms with E-state index in [0.29, 0.717) is 17.1 Å². The summed E-state index contributed by atoms with van der Waals surface area (Å²) in [7, 11) is 0. The van der Waals surface area contributed by atoms with Crippen LogP contribution in [0.2, 0.25) is 0 Å². The topological polar surface area (TPSA) is 45.7 Å². The monoisotopic (exact) mass is 489 g/mol. The molecule has 2 fully saturated rings. The van der Waals surface area contributed by atoms with Crippen LogP contribution in [0.25, 0.3) is 10.8 Å². The van der Waals surface area contributed by atoms with Crippen LogP contribution in [0, 0.1) is 5.41 Å². The predicted molar refractivity (Wildman–Crippen MR) is 130 cm³/mol. The molecule has 182 valence electrons. The molecule has 0 aliphatic carbocycles. The van der Waals surface area contributed by atoms with Gasteiger partial charge < -0.3 is 14.5 Å². The third-order valence-corrected chi connectivity index (χ3v) is 6.86. The highest BCUT2D eigenvalue weighted by molar-refractivity contribution is 6.00. The van der Waals surface area contributed by atoms with Crippen molar-refractivity contribution in [3.63, 3.8) is 0 Å². The van der Waals surface area contributed by atoms with E-state index in [4.69, 9.17) is 4.74 Å². The zero-order chi connectivity index (χ0) is 24.9. The van der Waals surface area contributed by atoms with Gasteiger partial charge in [-0.2, -0.15) is 13.2 Å². The number of hydrogen-bond acceptors (Lipinski definition) is 4. The zero-order valence-electron chi connectivity index (χ0n) is 19.2. The molecule has 0 bridgehead atoms. The minimum Gasteiger partial charge on any atom is -0.457 e. The molecule has 1 spiro atoms. The smallest absolute Gasteiger partial charge is 0.416 e. The summed E-state index contributed by atoms with van der Waals surface area (Å²) >= 11 is 0. The van der Waals surface area contributed by atoms with Gasteiger partial charge in [-0.3, -0.25) is 4.79 Å². The maximum Gasteiger partial charge on any atom is 0.416 e. The molecular weight excluding hydrogens is 467 g/mol. The van der Waals surface area contributed by atoms with Gasteiger partial charge in [-0.1, -0.05) is 18.2 Å². The molecule has 2 aliphatic heterocycles. The number of carbonyl (C=O) groups is 1. The van der Waals surface area contributed by atoms with Crippen LogP contribution in [0.3, 0.4) is 0 Å². The van der Waals surface area contributed by atoms with Gasteiger partial charge in [0.15, 0.2) is 0 Å². The second kappa shape index (κ2) is 8.26. The number of pyridine rings is 1. The van der Waals surface area contributed by atoms with E-state index >= 15 is 0 Å². The molecule has 36 heavy (non-hydrogen) atoms. The summed E-state index contributed by atoms with van der Waals surface area (Å²) in [5.41, 5.74) is 0.0205. The van der Waals surface area contributed by atoms with Gasteiger partial charge in [0, 0.05) is 48.7 Å². The molecule has 2 saturated heterocycles. The van der Waals surface area contributed by atoms with Crippen molar-refractivity contribution in [1.82, 2.24) is 9.88 Å². The van der Waals surface area contributed by atoms with Crippen LogP contribution in [0.15, 0.2) is 85.1 Å². The van der Waals surface area contributed by atoms with Crippen LogP contribution in [0.5, 0.6) is 11.5 Å². The molecule has 0 unspecified atom stereocenters. The van der Waals surface area contributed by atoms with E-state index < -0.39 is 11.7 Å². The van der Waals surface area contributed by atoms with E-state index in [1.807, 2.05) is 41.3 Å². The molecule has 0 atom stereocenters. The second-order valence-corrected chi connectivity index (χ2v) is 9.52. The highest BCUT2D eigenvalue weighted by atomic mass is 19.4. The minimum absolute atomic E-state index is 0.00660. The number of fused-ring (bicyclic) bond motifs is 1. The molecule has 2 aliphatic rings. The number of rotatable bonds is 4. The van der Waals surface area contributed by atoms with Gasteiger partial charge in [0.1, 0.15) is 17.3 Å². The summed E-state index contributed by atoms with van der Waals surface area (Å²) in [5.74, 6) is 1.78. The van der Waals surface area contributed by atoms with E-state index in [2.05, 4.69) is 9.88 Å². The van der Waals surface area contributed by atoms with Gasteiger partial charge in [0.2, 0.25) is 0 Å². The van der Waals surface area contributed by atoms with E-state index in [1.165, 1.54) is 12.1 Å². The number of halogens is 3. The lowest BCUT2D eigenvalue weighted by Crippen LogP contribution is -2.73. The van der Waals surface area contributed by atoms with Crippen LogP contribution in [-0.4, -0.2) is 42.0 Å². The first-order chi connectivity index (χ1) is 17.3. The van der Waals surface area contributed by atoms with Crippen LogP contribution >= 0.6 is 0 Å². The maximum absolute atomic E-state index is 13.1. The highest BCUT2D eigenvalue weighted by Gasteiger charge is 2.53. The van der Waals surface area contributed by atoms with Gasteiger partial charge >= 0.3 is 6.18 Å². The lowest BCUT2D eigenvalue weighted by atomic mass is 9.72. The number of anilines is 1. The first-order valence-corrected chi connectivity index (χ1v) is 11.6. The van der Waals surface area contributed by atoms with Gasteiger partial charge in [-0.05, 0) is 66.0 Å². The molecule has 8 heteroatoms. The van der Waals surface area contributed by atoms with Crippen molar-refractivity contribution in [3.05, 3.63) is 96.2 Å². The third kappa shape index (κ3) is 4.02. The average molecular weight is 489 g/mol. The number of hydrogen-bond donors (Lipinski definition) is 0. The Balaban J connectivity index is 1.13. The second-order valence-electron chi connectivity index (χ2n) is 9.52. The molecule has 4 aromatic rings. The fraction of sp³-hybridized carbons (Fsp3) is 0.214. The first-order valence-electron chi connectivity index (χ1n) is 11.6. The lowest BCUT2D eigenvalue weighted by Gasteiger charge is -2.60. The predicted octanol–water partition coefficient (Wildman–Crippen LogP) is 6.01. The van der Waals surface area contributed by atoms with Crippen molar-refractivity contribution >= 4 is 22.5 Å². The average Bonchev–Trinajstić information content (AvgIpc) is 2.82. The van der Waals surface area contributed by atoms with Crippen molar-refractivity contribution in [2.45, 2.75) is 6.18 Å². The molecule has 1 aromatic heterocycles. The number of aromatic nitrogens is 1. The van der Waals surface area contributed by atoms with Gasteiger partial charge in [0.05, 0.1) is 5.56 Å². The summed E-state index contributed by atoms with van der Waals surface area (Å²) in [6.07, 6.45) is -2.61. The van der Waals surface area contributed by atoms with Crippen LogP contribution in [0.4, 0.5) is 19.0 Å². The van der Waals surface area contributed by atoms with Crippen molar-refractivity contribution in [2.24, 2.45) is 5.41 Å². The van der Waals surface area contributed by atoms with Crippen molar-refractivity contribution in [1.29, 1.82) is 0 Å². The Morgan fingerprint density at radius 3 is 2.36 bits per heavy atom. The van der Waals surface area contributed by atoms with E-state index in [9.17, 15) is 18.0 Å². The molecule has 5 nitrogen and oxygen atoms in total. The number of likely N-dealkylation sites (tertiary alicyclic amines) is 1. The number of alkyl halides is 3. The third-order valence-electron chi connectivity index (χ3n) is 6.86. The Bertz CT molecular complexity index is 1420. The fourth-order valence-electron chi connectivity index (χ4n) is 5.07. The Kier molecular flexibility index (Phi) is 5.14. The summed E-state index contributed by atoms with van der Waals surface area (Å²) in [5, 5.41) is 1.60.